The molecule has 0 aliphatic carbocycles. The molecule has 2 aliphatic heterocycles. The van der Waals surface area contributed by atoms with Gasteiger partial charge in [-0.25, -0.2) is 0 Å². The van der Waals surface area contributed by atoms with Gasteiger partial charge in [0.25, 0.3) is 11.6 Å². The van der Waals surface area contributed by atoms with Crippen molar-refractivity contribution in [2.45, 2.75) is 0 Å². The molecule has 0 atom stereocenters. The molecule has 0 spiro atoms. The Morgan fingerprint density at radius 2 is 1.72 bits per heavy atom. The van der Waals surface area contributed by atoms with Crippen molar-refractivity contribution in [1.29, 1.82) is 0 Å². The van der Waals surface area contributed by atoms with Crippen molar-refractivity contribution >= 4 is 23.0 Å². The summed E-state index contributed by atoms with van der Waals surface area (Å²) >= 11 is 0. The zero-order chi connectivity index (χ0) is 22.3. The Kier molecular flexibility index (Phi) is 7.18. The van der Waals surface area contributed by atoms with Crippen LogP contribution in [0.4, 0.5) is 17.1 Å². The lowest BCUT2D eigenvalue weighted by molar-refractivity contribution is -0.383. The molecule has 2 aliphatic rings. The highest BCUT2D eigenvalue weighted by molar-refractivity contribution is 5.94. The molecular formula is C23H29N5O4. The van der Waals surface area contributed by atoms with Gasteiger partial charge in [0.1, 0.15) is 5.69 Å². The first-order valence-corrected chi connectivity index (χ1v) is 11.0. The van der Waals surface area contributed by atoms with E-state index in [2.05, 4.69) is 15.1 Å². The Balaban J connectivity index is 1.37. The van der Waals surface area contributed by atoms with Crippen LogP contribution in [0.25, 0.3) is 0 Å². The van der Waals surface area contributed by atoms with E-state index in [4.69, 9.17) is 4.74 Å². The monoisotopic (exact) mass is 439 g/mol. The molecule has 2 aromatic carbocycles. The largest absolute Gasteiger partial charge is 0.379 e. The van der Waals surface area contributed by atoms with Crippen molar-refractivity contribution in [1.82, 2.24) is 9.80 Å². The fourth-order valence-electron chi connectivity index (χ4n) is 4.13. The van der Waals surface area contributed by atoms with Gasteiger partial charge in [-0.15, -0.1) is 0 Å². The van der Waals surface area contributed by atoms with E-state index >= 15 is 0 Å². The highest BCUT2D eigenvalue weighted by Gasteiger charge is 2.24. The molecule has 2 fully saturated rings. The summed E-state index contributed by atoms with van der Waals surface area (Å²) in [7, 11) is 0. The van der Waals surface area contributed by atoms with Crippen LogP contribution in [0.1, 0.15) is 10.4 Å². The standard InChI is InChI=1S/C23H29N5O4/c29-23(19-4-2-1-3-5-19)27-12-10-26(11-13-27)20-6-7-22(28(30)31)21(18-20)24-8-9-25-14-16-32-17-15-25/h1-7,18,24H,8-17H2. The number of anilines is 2. The Morgan fingerprint density at radius 1 is 1.00 bits per heavy atom. The minimum absolute atomic E-state index is 0.0411. The van der Waals surface area contributed by atoms with Gasteiger partial charge in [0, 0.05) is 69.7 Å². The van der Waals surface area contributed by atoms with E-state index in [1.54, 1.807) is 12.1 Å². The molecule has 4 rings (SSSR count). The van der Waals surface area contributed by atoms with Gasteiger partial charge in [-0.3, -0.25) is 19.8 Å². The molecule has 0 aromatic heterocycles. The maximum atomic E-state index is 12.7. The van der Waals surface area contributed by atoms with Crippen LogP contribution < -0.4 is 10.2 Å². The van der Waals surface area contributed by atoms with Crippen molar-refractivity contribution in [3.63, 3.8) is 0 Å². The molecule has 0 radical (unpaired) electrons. The van der Waals surface area contributed by atoms with Crippen molar-refractivity contribution in [2.24, 2.45) is 0 Å². The van der Waals surface area contributed by atoms with Crippen LogP contribution in [-0.4, -0.2) is 86.2 Å². The van der Waals surface area contributed by atoms with E-state index in [9.17, 15) is 14.9 Å². The van der Waals surface area contributed by atoms with Gasteiger partial charge in [0.2, 0.25) is 0 Å². The summed E-state index contributed by atoms with van der Waals surface area (Å²) in [6.45, 7) is 7.27. The highest BCUT2D eigenvalue weighted by Crippen LogP contribution is 2.30. The third-order valence-corrected chi connectivity index (χ3v) is 5.98. The van der Waals surface area contributed by atoms with Crippen LogP contribution in [0.15, 0.2) is 48.5 Å². The maximum absolute atomic E-state index is 12.7. The number of carbonyl (C=O) groups excluding carboxylic acids is 1. The smallest absolute Gasteiger partial charge is 0.292 e. The van der Waals surface area contributed by atoms with E-state index in [1.165, 1.54) is 0 Å². The Bertz CT molecular complexity index is 925. The summed E-state index contributed by atoms with van der Waals surface area (Å²) in [5.74, 6) is 0.0411. The number of rotatable bonds is 7. The van der Waals surface area contributed by atoms with Gasteiger partial charge >= 0.3 is 0 Å². The van der Waals surface area contributed by atoms with Crippen molar-refractivity contribution in [2.75, 3.05) is 75.8 Å². The van der Waals surface area contributed by atoms with Crippen LogP contribution in [0.3, 0.4) is 0 Å². The van der Waals surface area contributed by atoms with Gasteiger partial charge in [0.15, 0.2) is 0 Å². The van der Waals surface area contributed by atoms with Crippen LogP contribution in [0, 0.1) is 10.1 Å². The van der Waals surface area contributed by atoms with Gasteiger partial charge in [-0.1, -0.05) is 18.2 Å². The fourth-order valence-corrected chi connectivity index (χ4v) is 4.13. The first-order valence-electron chi connectivity index (χ1n) is 11.0. The Labute approximate surface area is 187 Å². The Hall–Kier alpha value is -3.17. The number of nitro benzene ring substituents is 1. The van der Waals surface area contributed by atoms with Crippen LogP contribution in [0.5, 0.6) is 0 Å². The third-order valence-electron chi connectivity index (χ3n) is 5.98. The number of morpholine rings is 1. The predicted molar refractivity (Wildman–Crippen MR) is 123 cm³/mol. The summed E-state index contributed by atoms with van der Waals surface area (Å²) in [5.41, 5.74) is 2.23. The predicted octanol–water partition coefficient (Wildman–Crippen LogP) is 2.30. The molecule has 2 saturated heterocycles. The number of amides is 1. The van der Waals surface area contributed by atoms with Crippen molar-refractivity contribution < 1.29 is 14.5 Å². The topological polar surface area (TPSA) is 91.2 Å². The van der Waals surface area contributed by atoms with Gasteiger partial charge in [0.05, 0.1) is 18.1 Å². The summed E-state index contributed by atoms with van der Waals surface area (Å²) in [6, 6.07) is 14.5. The first-order chi connectivity index (χ1) is 15.6. The average Bonchev–Trinajstić information content (AvgIpc) is 2.85. The van der Waals surface area contributed by atoms with E-state index < -0.39 is 0 Å². The number of nitrogens with one attached hydrogen (secondary N) is 1. The van der Waals surface area contributed by atoms with E-state index in [1.807, 2.05) is 41.3 Å². The molecule has 9 nitrogen and oxygen atoms in total. The molecule has 0 bridgehead atoms. The second-order valence-electron chi connectivity index (χ2n) is 7.98. The van der Waals surface area contributed by atoms with E-state index in [0.29, 0.717) is 44.0 Å². The first kappa shape index (κ1) is 22.0. The summed E-state index contributed by atoms with van der Waals surface area (Å²) in [5, 5.41) is 14.8. The van der Waals surface area contributed by atoms with Gasteiger partial charge in [-0.2, -0.15) is 0 Å². The van der Waals surface area contributed by atoms with Gasteiger partial charge in [-0.05, 0) is 24.3 Å². The fraction of sp³-hybridized carbons (Fsp3) is 0.435. The number of nitrogens with zero attached hydrogens (tertiary/aromatic N) is 4. The normalized spacial score (nSPS) is 17.2. The minimum Gasteiger partial charge on any atom is -0.379 e. The lowest BCUT2D eigenvalue weighted by Crippen LogP contribution is -2.48. The SMILES string of the molecule is O=C(c1ccccc1)N1CCN(c2ccc([N+](=O)[O-])c(NCCN3CCOCC3)c2)CC1. The van der Waals surface area contributed by atoms with Crippen molar-refractivity contribution in [3.05, 3.63) is 64.2 Å². The van der Waals surface area contributed by atoms with Crippen LogP contribution in [0.2, 0.25) is 0 Å². The molecule has 1 amide bonds. The molecule has 0 saturated carbocycles. The lowest BCUT2D eigenvalue weighted by atomic mass is 10.1. The highest BCUT2D eigenvalue weighted by atomic mass is 16.6. The molecule has 1 N–H and O–H groups in total. The Morgan fingerprint density at radius 3 is 2.41 bits per heavy atom. The number of hydrogen-bond donors (Lipinski definition) is 1. The van der Waals surface area contributed by atoms with Gasteiger partial charge < -0.3 is 19.9 Å². The number of hydrogen-bond acceptors (Lipinski definition) is 7. The number of nitro groups is 1. The second kappa shape index (κ2) is 10.4. The average molecular weight is 440 g/mol. The van der Waals surface area contributed by atoms with Crippen molar-refractivity contribution in [3.8, 4) is 0 Å². The summed E-state index contributed by atoms with van der Waals surface area (Å²) in [6.07, 6.45) is 0. The molecule has 2 aromatic rings. The van der Waals surface area contributed by atoms with E-state index in [-0.39, 0.29) is 16.5 Å². The maximum Gasteiger partial charge on any atom is 0.292 e. The summed E-state index contributed by atoms with van der Waals surface area (Å²) < 4.78 is 5.36. The number of benzene rings is 2. The zero-order valence-corrected chi connectivity index (χ0v) is 18.1. The molecule has 32 heavy (non-hydrogen) atoms. The quantitative estimate of drug-likeness (QED) is 0.523. The molecule has 2 heterocycles. The van der Waals surface area contributed by atoms with Crippen LogP contribution in [-0.2, 0) is 4.74 Å². The molecule has 170 valence electrons. The number of carbonyl (C=O) groups is 1. The third kappa shape index (κ3) is 5.35. The van der Waals surface area contributed by atoms with E-state index in [0.717, 1.165) is 38.5 Å². The minimum atomic E-state index is -0.350. The molecular weight excluding hydrogens is 410 g/mol. The van der Waals surface area contributed by atoms with Crippen LogP contribution >= 0.6 is 0 Å². The number of ether oxygens (including phenoxy) is 1. The number of piperazine rings is 1. The summed E-state index contributed by atoms with van der Waals surface area (Å²) in [4.78, 5) is 30.2. The molecule has 9 heteroatoms. The molecule has 0 unspecified atom stereocenters. The lowest BCUT2D eigenvalue weighted by Gasteiger charge is -2.36. The zero-order valence-electron chi connectivity index (χ0n) is 18.1. The second-order valence-corrected chi connectivity index (χ2v) is 7.98.